The number of hydrogen-bond acceptors (Lipinski definition) is 2. The molecule has 0 bridgehead atoms. The van der Waals surface area contributed by atoms with Crippen molar-refractivity contribution in [2.24, 2.45) is 0 Å². The fraction of sp³-hybridized carbons (Fsp3) is 0.786. The van der Waals surface area contributed by atoms with Crippen molar-refractivity contribution in [3.05, 3.63) is 12.2 Å². The maximum atomic E-state index is 11.3. The van der Waals surface area contributed by atoms with E-state index in [4.69, 9.17) is 4.74 Å². The molecule has 17 heavy (non-hydrogen) atoms. The van der Waals surface area contributed by atoms with Crippen LogP contribution < -0.4 is 0 Å². The van der Waals surface area contributed by atoms with E-state index >= 15 is 0 Å². The molecule has 0 aromatic heterocycles. The van der Waals surface area contributed by atoms with Crippen molar-refractivity contribution in [2.45, 2.75) is 44.9 Å². The first-order valence-corrected chi connectivity index (χ1v) is 6.52. The maximum Gasteiger partial charge on any atom is 0.222 e. The van der Waals surface area contributed by atoms with Crippen LogP contribution in [-0.4, -0.2) is 38.6 Å². The second kappa shape index (κ2) is 11.6. The summed E-state index contributed by atoms with van der Waals surface area (Å²) >= 11 is 0. The molecule has 0 radical (unpaired) electrons. The number of nitrogens with zero attached hydrogens (tertiary/aromatic N) is 1. The Bertz CT molecular complexity index is 212. The highest BCUT2D eigenvalue weighted by Gasteiger charge is 2.01. The van der Waals surface area contributed by atoms with E-state index in [-0.39, 0.29) is 5.91 Å². The number of methoxy groups -OCH3 is 1. The standard InChI is InChI=1S/C14H27NO2/c1-15(2)14(16)12-10-8-6-4-5-7-9-11-13-17-3/h4-5H,6-13H2,1-3H3/b5-4-. The lowest BCUT2D eigenvalue weighted by Crippen LogP contribution is -2.20. The molecule has 100 valence electrons. The van der Waals surface area contributed by atoms with E-state index in [2.05, 4.69) is 12.2 Å². The molecular weight excluding hydrogens is 214 g/mol. The van der Waals surface area contributed by atoms with Crippen LogP contribution in [0.15, 0.2) is 12.2 Å². The highest BCUT2D eigenvalue weighted by Crippen LogP contribution is 2.04. The largest absolute Gasteiger partial charge is 0.385 e. The molecule has 3 heteroatoms. The van der Waals surface area contributed by atoms with Gasteiger partial charge in [-0.05, 0) is 38.5 Å². The van der Waals surface area contributed by atoms with Crippen molar-refractivity contribution in [3.63, 3.8) is 0 Å². The molecule has 3 nitrogen and oxygen atoms in total. The summed E-state index contributed by atoms with van der Waals surface area (Å²) in [6.45, 7) is 0.862. The Morgan fingerprint density at radius 3 is 2.18 bits per heavy atom. The first-order valence-electron chi connectivity index (χ1n) is 6.52. The Morgan fingerprint density at radius 1 is 1.06 bits per heavy atom. The molecular formula is C14H27NO2. The Labute approximate surface area is 106 Å². The fourth-order valence-electron chi connectivity index (χ4n) is 1.51. The van der Waals surface area contributed by atoms with Gasteiger partial charge in [-0.15, -0.1) is 0 Å². The van der Waals surface area contributed by atoms with Gasteiger partial charge in [0, 0.05) is 34.2 Å². The molecule has 0 atom stereocenters. The van der Waals surface area contributed by atoms with Gasteiger partial charge in [-0.25, -0.2) is 0 Å². The first kappa shape index (κ1) is 16.2. The fourth-order valence-corrected chi connectivity index (χ4v) is 1.51. The van der Waals surface area contributed by atoms with E-state index in [0.717, 1.165) is 38.7 Å². The number of ether oxygens (including phenoxy) is 1. The van der Waals surface area contributed by atoms with Crippen molar-refractivity contribution in [1.29, 1.82) is 0 Å². The van der Waals surface area contributed by atoms with Crippen LogP contribution in [0.5, 0.6) is 0 Å². The van der Waals surface area contributed by atoms with Gasteiger partial charge in [0.05, 0.1) is 0 Å². The topological polar surface area (TPSA) is 29.5 Å². The number of unbranched alkanes of at least 4 members (excludes halogenated alkanes) is 4. The minimum Gasteiger partial charge on any atom is -0.385 e. The average Bonchev–Trinajstić information content (AvgIpc) is 2.31. The number of amides is 1. The van der Waals surface area contributed by atoms with Gasteiger partial charge in [0.2, 0.25) is 5.91 Å². The molecule has 0 aromatic carbocycles. The summed E-state index contributed by atoms with van der Waals surface area (Å²) in [5, 5.41) is 0. The van der Waals surface area contributed by atoms with Crippen LogP contribution in [0.25, 0.3) is 0 Å². The van der Waals surface area contributed by atoms with Crippen LogP contribution in [0.1, 0.15) is 44.9 Å². The number of carbonyl (C=O) groups is 1. The van der Waals surface area contributed by atoms with E-state index < -0.39 is 0 Å². The number of rotatable bonds is 10. The number of carbonyl (C=O) groups excluding carboxylic acids is 1. The van der Waals surface area contributed by atoms with Crippen LogP contribution >= 0.6 is 0 Å². The van der Waals surface area contributed by atoms with Gasteiger partial charge in [0.15, 0.2) is 0 Å². The maximum absolute atomic E-state index is 11.3. The van der Waals surface area contributed by atoms with Gasteiger partial charge < -0.3 is 9.64 Å². The van der Waals surface area contributed by atoms with Crippen LogP contribution in [0.3, 0.4) is 0 Å². The van der Waals surface area contributed by atoms with Gasteiger partial charge >= 0.3 is 0 Å². The first-order chi connectivity index (χ1) is 8.18. The number of allylic oxidation sites excluding steroid dienone is 2. The predicted molar refractivity (Wildman–Crippen MR) is 72.0 cm³/mol. The lowest BCUT2D eigenvalue weighted by atomic mass is 10.1. The van der Waals surface area contributed by atoms with E-state index in [1.807, 2.05) is 14.1 Å². The third-order valence-electron chi connectivity index (χ3n) is 2.65. The zero-order valence-electron chi connectivity index (χ0n) is 11.6. The lowest BCUT2D eigenvalue weighted by Gasteiger charge is -2.08. The van der Waals surface area contributed by atoms with Crippen molar-refractivity contribution >= 4 is 5.91 Å². The molecule has 0 aliphatic heterocycles. The molecule has 0 rings (SSSR count). The third-order valence-corrected chi connectivity index (χ3v) is 2.65. The summed E-state index contributed by atoms with van der Waals surface area (Å²) in [5.74, 6) is 0.230. The molecule has 0 aliphatic carbocycles. The second-order valence-electron chi connectivity index (χ2n) is 4.49. The number of hydrogen-bond donors (Lipinski definition) is 0. The molecule has 0 N–H and O–H groups in total. The SMILES string of the molecule is COCCCC/C=C\CCCCC(=O)N(C)C. The van der Waals surface area contributed by atoms with E-state index in [0.29, 0.717) is 6.42 Å². The Kier molecular flexibility index (Phi) is 11.1. The predicted octanol–water partition coefficient (Wildman–Crippen LogP) is 3.01. The van der Waals surface area contributed by atoms with Gasteiger partial charge in [-0.3, -0.25) is 4.79 Å². The Balaban J connectivity index is 3.22. The molecule has 0 saturated carbocycles. The summed E-state index contributed by atoms with van der Waals surface area (Å²) in [6, 6.07) is 0. The van der Waals surface area contributed by atoms with E-state index in [1.165, 1.54) is 6.42 Å². The van der Waals surface area contributed by atoms with Gasteiger partial charge in [-0.2, -0.15) is 0 Å². The van der Waals surface area contributed by atoms with Gasteiger partial charge in [0.25, 0.3) is 0 Å². The van der Waals surface area contributed by atoms with Crippen molar-refractivity contribution in [3.8, 4) is 0 Å². The molecule has 0 aromatic rings. The molecule has 1 amide bonds. The molecule has 0 heterocycles. The Morgan fingerprint density at radius 2 is 1.65 bits per heavy atom. The van der Waals surface area contributed by atoms with Crippen LogP contribution in [0, 0.1) is 0 Å². The minimum atomic E-state index is 0.230. The molecule has 0 spiro atoms. The zero-order chi connectivity index (χ0) is 12.9. The minimum absolute atomic E-state index is 0.230. The molecule has 0 saturated heterocycles. The summed E-state index contributed by atoms with van der Waals surface area (Å²) in [5.41, 5.74) is 0. The van der Waals surface area contributed by atoms with Crippen molar-refractivity contribution < 1.29 is 9.53 Å². The Hall–Kier alpha value is -0.830. The van der Waals surface area contributed by atoms with Crippen LogP contribution in [0.2, 0.25) is 0 Å². The van der Waals surface area contributed by atoms with Crippen molar-refractivity contribution in [1.82, 2.24) is 4.90 Å². The summed E-state index contributed by atoms with van der Waals surface area (Å²) in [7, 11) is 5.36. The quantitative estimate of drug-likeness (QED) is 0.434. The molecule has 0 fully saturated rings. The molecule has 0 aliphatic rings. The third kappa shape index (κ3) is 11.4. The lowest BCUT2D eigenvalue weighted by molar-refractivity contribution is -0.128. The zero-order valence-corrected chi connectivity index (χ0v) is 11.6. The van der Waals surface area contributed by atoms with E-state index in [1.54, 1.807) is 12.0 Å². The highest BCUT2D eigenvalue weighted by molar-refractivity contribution is 5.75. The van der Waals surface area contributed by atoms with Crippen LogP contribution in [0.4, 0.5) is 0 Å². The smallest absolute Gasteiger partial charge is 0.222 e. The monoisotopic (exact) mass is 241 g/mol. The average molecular weight is 241 g/mol. The normalized spacial score (nSPS) is 11.0. The second-order valence-corrected chi connectivity index (χ2v) is 4.49. The molecule has 0 unspecified atom stereocenters. The summed E-state index contributed by atoms with van der Waals surface area (Å²) in [6.07, 6.45) is 11.8. The van der Waals surface area contributed by atoms with Crippen LogP contribution in [-0.2, 0) is 9.53 Å². The van der Waals surface area contributed by atoms with Crippen molar-refractivity contribution in [2.75, 3.05) is 27.8 Å². The summed E-state index contributed by atoms with van der Waals surface area (Å²) in [4.78, 5) is 12.9. The van der Waals surface area contributed by atoms with Gasteiger partial charge in [0.1, 0.15) is 0 Å². The highest BCUT2D eigenvalue weighted by atomic mass is 16.5. The van der Waals surface area contributed by atoms with E-state index in [9.17, 15) is 4.79 Å². The summed E-state index contributed by atoms with van der Waals surface area (Å²) < 4.78 is 4.98. The van der Waals surface area contributed by atoms with Gasteiger partial charge in [-0.1, -0.05) is 12.2 Å².